The number of aryl methyl sites for hydroxylation is 1. The summed E-state index contributed by atoms with van der Waals surface area (Å²) in [6.07, 6.45) is 3.59. The first-order chi connectivity index (χ1) is 8.15. The van der Waals surface area contributed by atoms with Crippen molar-refractivity contribution in [1.82, 2.24) is 25.5 Å². The molecule has 5 nitrogen and oxygen atoms in total. The highest BCUT2D eigenvalue weighted by molar-refractivity contribution is 4.89. The summed E-state index contributed by atoms with van der Waals surface area (Å²) >= 11 is 0. The summed E-state index contributed by atoms with van der Waals surface area (Å²) in [5.74, 6) is 1.59. The van der Waals surface area contributed by atoms with Crippen LogP contribution in [0, 0.1) is 5.92 Å². The average molecular weight is 239 g/mol. The number of hydrogen-bond donors (Lipinski definition) is 1. The van der Waals surface area contributed by atoms with Gasteiger partial charge in [-0.15, -0.1) is 5.10 Å². The summed E-state index contributed by atoms with van der Waals surface area (Å²) in [4.78, 5) is 0. The lowest BCUT2D eigenvalue weighted by atomic mass is 10.2. The molecule has 1 unspecified atom stereocenters. The van der Waals surface area contributed by atoms with Crippen molar-refractivity contribution in [2.45, 2.75) is 59.5 Å². The molecule has 1 atom stereocenters. The second-order valence-electron chi connectivity index (χ2n) is 4.99. The third-order valence-electron chi connectivity index (χ3n) is 2.75. The minimum absolute atomic E-state index is 0.217. The molecule has 17 heavy (non-hydrogen) atoms. The van der Waals surface area contributed by atoms with Gasteiger partial charge in [0.1, 0.15) is 0 Å². The summed E-state index contributed by atoms with van der Waals surface area (Å²) < 4.78 is 1.92. The standard InChI is InChI=1S/C12H25N5/c1-5-6-7-8-17-12(14-15-16-17)11(4)13-9-10(2)3/h10-11,13H,5-9H2,1-4H3. The zero-order chi connectivity index (χ0) is 12.7. The number of unbranched alkanes of at least 4 members (excludes halogenated alkanes) is 2. The predicted molar refractivity (Wildman–Crippen MR) is 68.6 cm³/mol. The van der Waals surface area contributed by atoms with Gasteiger partial charge in [-0.25, -0.2) is 4.68 Å². The van der Waals surface area contributed by atoms with E-state index in [0.717, 1.165) is 25.3 Å². The molecule has 1 aromatic rings. The van der Waals surface area contributed by atoms with Gasteiger partial charge in [-0.1, -0.05) is 33.6 Å². The van der Waals surface area contributed by atoms with Crippen molar-refractivity contribution in [3.63, 3.8) is 0 Å². The van der Waals surface area contributed by atoms with E-state index in [1.807, 2.05) is 4.68 Å². The second-order valence-corrected chi connectivity index (χ2v) is 4.99. The Morgan fingerprint density at radius 2 is 2.00 bits per heavy atom. The molecular formula is C12H25N5. The summed E-state index contributed by atoms with van der Waals surface area (Å²) in [6.45, 7) is 10.6. The van der Waals surface area contributed by atoms with Crippen LogP contribution in [-0.4, -0.2) is 26.8 Å². The molecule has 0 aliphatic heterocycles. The molecule has 0 bridgehead atoms. The lowest BCUT2D eigenvalue weighted by molar-refractivity contribution is 0.444. The first-order valence-electron chi connectivity index (χ1n) is 6.64. The third kappa shape index (κ3) is 4.81. The SMILES string of the molecule is CCCCCn1nnnc1C(C)NCC(C)C. The van der Waals surface area contributed by atoms with E-state index in [2.05, 4.69) is 48.5 Å². The van der Waals surface area contributed by atoms with E-state index in [9.17, 15) is 0 Å². The first kappa shape index (κ1) is 14.1. The van der Waals surface area contributed by atoms with Crippen molar-refractivity contribution in [2.24, 2.45) is 5.92 Å². The van der Waals surface area contributed by atoms with Gasteiger partial charge in [0.05, 0.1) is 6.04 Å². The van der Waals surface area contributed by atoms with Gasteiger partial charge >= 0.3 is 0 Å². The lowest BCUT2D eigenvalue weighted by Crippen LogP contribution is -2.26. The topological polar surface area (TPSA) is 55.6 Å². The minimum atomic E-state index is 0.217. The number of hydrogen-bond acceptors (Lipinski definition) is 4. The molecule has 98 valence electrons. The molecule has 0 saturated heterocycles. The van der Waals surface area contributed by atoms with Crippen molar-refractivity contribution >= 4 is 0 Å². The van der Waals surface area contributed by atoms with Crippen LogP contribution in [0.5, 0.6) is 0 Å². The zero-order valence-electron chi connectivity index (χ0n) is 11.5. The second kappa shape index (κ2) is 7.37. The Kier molecular flexibility index (Phi) is 6.11. The third-order valence-corrected chi connectivity index (χ3v) is 2.75. The van der Waals surface area contributed by atoms with Crippen molar-refractivity contribution in [1.29, 1.82) is 0 Å². The molecule has 1 aromatic heterocycles. The molecule has 1 rings (SSSR count). The number of aromatic nitrogens is 4. The van der Waals surface area contributed by atoms with Crippen LogP contribution in [0.2, 0.25) is 0 Å². The lowest BCUT2D eigenvalue weighted by Gasteiger charge is -2.14. The number of nitrogens with zero attached hydrogens (tertiary/aromatic N) is 4. The van der Waals surface area contributed by atoms with Gasteiger partial charge < -0.3 is 5.32 Å². The average Bonchev–Trinajstić information content (AvgIpc) is 2.74. The summed E-state index contributed by atoms with van der Waals surface area (Å²) in [7, 11) is 0. The van der Waals surface area contributed by atoms with Crippen molar-refractivity contribution < 1.29 is 0 Å². The highest BCUT2D eigenvalue weighted by Gasteiger charge is 2.13. The Morgan fingerprint density at radius 3 is 2.65 bits per heavy atom. The normalized spacial score (nSPS) is 13.2. The fourth-order valence-corrected chi connectivity index (χ4v) is 1.70. The molecule has 0 aliphatic carbocycles. The van der Waals surface area contributed by atoms with Crippen LogP contribution in [0.15, 0.2) is 0 Å². The molecule has 0 saturated carbocycles. The quantitative estimate of drug-likeness (QED) is 0.706. The van der Waals surface area contributed by atoms with Gasteiger partial charge in [0.2, 0.25) is 0 Å². The molecule has 0 aliphatic rings. The molecule has 0 spiro atoms. The molecular weight excluding hydrogens is 214 g/mol. The van der Waals surface area contributed by atoms with Crippen LogP contribution in [-0.2, 0) is 6.54 Å². The Bertz CT molecular complexity index is 308. The largest absolute Gasteiger partial charge is 0.307 e. The number of nitrogens with one attached hydrogen (secondary N) is 1. The highest BCUT2D eigenvalue weighted by Crippen LogP contribution is 2.09. The Hall–Kier alpha value is -0.970. The summed E-state index contributed by atoms with van der Waals surface area (Å²) in [6, 6.07) is 0.217. The van der Waals surface area contributed by atoms with Crippen LogP contribution in [0.4, 0.5) is 0 Å². The summed E-state index contributed by atoms with van der Waals surface area (Å²) in [5, 5.41) is 15.4. The van der Waals surface area contributed by atoms with E-state index in [1.165, 1.54) is 12.8 Å². The van der Waals surface area contributed by atoms with Gasteiger partial charge in [0, 0.05) is 6.54 Å². The van der Waals surface area contributed by atoms with Crippen molar-refractivity contribution in [3.05, 3.63) is 5.82 Å². The van der Waals surface area contributed by atoms with Crippen LogP contribution in [0.25, 0.3) is 0 Å². The minimum Gasteiger partial charge on any atom is -0.307 e. The fraction of sp³-hybridized carbons (Fsp3) is 0.917. The van der Waals surface area contributed by atoms with Crippen LogP contribution >= 0.6 is 0 Å². The molecule has 0 amide bonds. The van der Waals surface area contributed by atoms with E-state index in [0.29, 0.717) is 5.92 Å². The Labute approximate surface area is 104 Å². The maximum atomic E-state index is 4.11. The van der Waals surface area contributed by atoms with Crippen molar-refractivity contribution in [3.8, 4) is 0 Å². The smallest absolute Gasteiger partial charge is 0.167 e. The number of rotatable bonds is 8. The van der Waals surface area contributed by atoms with Gasteiger partial charge in [-0.3, -0.25) is 0 Å². The molecule has 5 heteroatoms. The zero-order valence-corrected chi connectivity index (χ0v) is 11.5. The molecule has 1 N–H and O–H groups in total. The predicted octanol–water partition coefficient (Wildman–Crippen LogP) is 2.17. The van der Waals surface area contributed by atoms with Gasteiger partial charge in [-0.05, 0) is 36.2 Å². The van der Waals surface area contributed by atoms with Crippen LogP contribution in [0.1, 0.15) is 58.8 Å². The fourth-order valence-electron chi connectivity index (χ4n) is 1.70. The van der Waals surface area contributed by atoms with E-state index in [4.69, 9.17) is 0 Å². The number of tetrazole rings is 1. The van der Waals surface area contributed by atoms with E-state index < -0.39 is 0 Å². The van der Waals surface area contributed by atoms with E-state index in [1.54, 1.807) is 0 Å². The molecule has 1 heterocycles. The Morgan fingerprint density at radius 1 is 1.24 bits per heavy atom. The highest BCUT2D eigenvalue weighted by atomic mass is 15.5. The maximum Gasteiger partial charge on any atom is 0.167 e. The van der Waals surface area contributed by atoms with Gasteiger partial charge in [0.25, 0.3) is 0 Å². The summed E-state index contributed by atoms with van der Waals surface area (Å²) in [5.41, 5.74) is 0. The van der Waals surface area contributed by atoms with Crippen molar-refractivity contribution in [2.75, 3.05) is 6.54 Å². The van der Waals surface area contributed by atoms with Gasteiger partial charge in [0.15, 0.2) is 5.82 Å². The van der Waals surface area contributed by atoms with E-state index in [-0.39, 0.29) is 6.04 Å². The van der Waals surface area contributed by atoms with Crippen LogP contribution < -0.4 is 5.32 Å². The van der Waals surface area contributed by atoms with Gasteiger partial charge in [-0.2, -0.15) is 0 Å². The monoisotopic (exact) mass is 239 g/mol. The Balaban J connectivity index is 2.48. The molecule has 0 fully saturated rings. The molecule has 0 aromatic carbocycles. The molecule has 0 radical (unpaired) electrons. The van der Waals surface area contributed by atoms with E-state index >= 15 is 0 Å². The maximum absolute atomic E-state index is 4.11. The van der Waals surface area contributed by atoms with Crippen LogP contribution in [0.3, 0.4) is 0 Å². The first-order valence-corrected chi connectivity index (χ1v) is 6.64.